The zero-order chi connectivity index (χ0) is 22.1. The second-order valence-corrected chi connectivity index (χ2v) is 12.4. The molecule has 8 nitrogen and oxygen atoms in total. The van der Waals surface area contributed by atoms with Crippen molar-refractivity contribution < 1.29 is 21.6 Å². The Hall–Kier alpha value is -1.79. The summed E-state index contributed by atoms with van der Waals surface area (Å²) in [5.41, 5.74) is 0.159. The predicted molar refractivity (Wildman–Crippen MR) is 120 cm³/mol. The second kappa shape index (κ2) is 8.99. The number of sulfonamides is 2. The van der Waals surface area contributed by atoms with Crippen molar-refractivity contribution in [3.8, 4) is 0 Å². The van der Waals surface area contributed by atoms with E-state index >= 15 is 0 Å². The molecule has 2 aliphatic rings. The highest BCUT2D eigenvalue weighted by Crippen LogP contribution is 2.29. The maximum atomic E-state index is 12.9. The zero-order valence-corrected chi connectivity index (χ0v) is 19.4. The lowest BCUT2D eigenvalue weighted by molar-refractivity contribution is -0.116. The van der Waals surface area contributed by atoms with E-state index in [1.807, 2.05) is 17.5 Å². The highest BCUT2D eigenvalue weighted by atomic mass is 32.2. The van der Waals surface area contributed by atoms with Gasteiger partial charge in [-0.05, 0) is 61.6 Å². The number of carbonyl (C=O) groups is 1. The van der Waals surface area contributed by atoms with E-state index in [9.17, 15) is 21.6 Å². The molecule has 1 N–H and O–H groups in total. The van der Waals surface area contributed by atoms with E-state index in [-0.39, 0.29) is 35.3 Å². The molecule has 1 amide bonds. The number of piperidine rings is 1. The van der Waals surface area contributed by atoms with Crippen LogP contribution in [0.4, 0.5) is 5.69 Å². The third kappa shape index (κ3) is 4.85. The summed E-state index contributed by atoms with van der Waals surface area (Å²) >= 11 is 1.62. The fraction of sp³-hybridized carbons (Fsp3) is 0.450. The van der Waals surface area contributed by atoms with E-state index in [0.29, 0.717) is 0 Å². The van der Waals surface area contributed by atoms with Crippen LogP contribution in [0.2, 0.25) is 0 Å². The maximum absolute atomic E-state index is 12.9. The van der Waals surface area contributed by atoms with Gasteiger partial charge >= 0.3 is 0 Å². The first-order valence-corrected chi connectivity index (χ1v) is 14.2. The van der Waals surface area contributed by atoms with Crippen LogP contribution in [0.15, 0.2) is 46.7 Å². The molecule has 168 valence electrons. The first kappa shape index (κ1) is 22.4. The highest BCUT2D eigenvalue weighted by molar-refractivity contribution is 7.94. The molecule has 2 saturated heterocycles. The van der Waals surface area contributed by atoms with Gasteiger partial charge in [0.2, 0.25) is 26.0 Å². The number of thiophene rings is 1. The fourth-order valence-corrected chi connectivity index (χ4v) is 7.38. The van der Waals surface area contributed by atoms with Gasteiger partial charge in [-0.2, -0.15) is 0 Å². The van der Waals surface area contributed by atoms with Gasteiger partial charge in [0.25, 0.3) is 0 Å². The smallest absolute Gasteiger partial charge is 0.242 e. The fourth-order valence-electron chi connectivity index (χ4n) is 4.02. The van der Waals surface area contributed by atoms with Gasteiger partial charge in [0, 0.05) is 17.8 Å². The number of amides is 1. The lowest BCUT2D eigenvalue weighted by atomic mass is 10.1. The molecule has 4 rings (SSSR count). The van der Waals surface area contributed by atoms with Crippen molar-refractivity contribution in [2.24, 2.45) is 0 Å². The van der Waals surface area contributed by atoms with E-state index in [4.69, 9.17) is 0 Å². The van der Waals surface area contributed by atoms with Crippen LogP contribution in [0.25, 0.3) is 0 Å². The van der Waals surface area contributed by atoms with Gasteiger partial charge in [-0.15, -0.1) is 11.3 Å². The van der Waals surface area contributed by atoms with Gasteiger partial charge < -0.3 is 0 Å². The van der Waals surface area contributed by atoms with Crippen molar-refractivity contribution in [3.63, 3.8) is 0 Å². The minimum atomic E-state index is -3.79. The van der Waals surface area contributed by atoms with E-state index in [1.54, 1.807) is 11.3 Å². The molecule has 11 heteroatoms. The molecule has 0 radical (unpaired) electrons. The van der Waals surface area contributed by atoms with Gasteiger partial charge in [-0.1, -0.05) is 12.5 Å². The van der Waals surface area contributed by atoms with Crippen molar-refractivity contribution in [1.82, 2.24) is 9.62 Å². The number of benzene rings is 1. The Morgan fingerprint density at radius 2 is 1.77 bits per heavy atom. The average Bonchev–Trinajstić information content (AvgIpc) is 3.37. The minimum Gasteiger partial charge on any atom is -0.294 e. The quantitative estimate of drug-likeness (QED) is 0.648. The Bertz CT molecular complexity index is 1120. The van der Waals surface area contributed by atoms with Crippen LogP contribution in [0, 0.1) is 0 Å². The lowest BCUT2D eigenvalue weighted by Gasteiger charge is -2.34. The molecule has 0 spiro atoms. The molecule has 0 bridgehead atoms. The lowest BCUT2D eigenvalue weighted by Crippen LogP contribution is -2.40. The van der Waals surface area contributed by atoms with E-state index in [1.165, 1.54) is 30.7 Å². The molecular formula is C20H25N3O5S3. The average molecular weight is 484 g/mol. The molecule has 0 aliphatic carbocycles. The molecule has 1 atom stereocenters. The summed E-state index contributed by atoms with van der Waals surface area (Å²) < 4.78 is 53.4. The summed E-state index contributed by atoms with van der Waals surface area (Å²) in [5.74, 6) is -0.734. The molecule has 2 aliphatic heterocycles. The van der Waals surface area contributed by atoms with Crippen LogP contribution in [-0.2, 0) is 24.8 Å². The molecule has 1 aromatic carbocycles. The first-order chi connectivity index (χ1) is 14.8. The number of anilines is 1. The van der Waals surface area contributed by atoms with Gasteiger partial charge in [0.1, 0.15) is 0 Å². The Balaban J connectivity index is 1.49. The second-order valence-electron chi connectivity index (χ2n) is 7.70. The molecule has 1 unspecified atom stereocenters. The minimum absolute atomic E-state index is 0.0262. The van der Waals surface area contributed by atoms with E-state index < -0.39 is 26.0 Å². The van der Waals surface area contributed by atoms with E-state index in [0.717, 1.165) is 35.1 Å². The Morgan fingerprint density at radius 3 is 2.35 bits per heavy atom. The number of carbonyl (C=O) groups excluding carboxylic acids is 1. The zero-order valence-electron chi connectivity index (χ0n) is 16.9. The molecule has 31 heavy (non-hydrogen) atoms. The van der Waals surface area contributed by atoms with Crippen LogP contribution in [-0.4, -0.2) is 53.0 Å². The number of rotatable bonds is 7. The van der Waals surface area contributed by atoms with Crippen LogP contribution < -0.4 is 9.03 Å². The van der Waals surface area contributed by atoms with Crippen LogP contribution in [0.3, 0.4) is 0 Å². The summed E-state index contributed by atoms with van der Waals surface area (Å²) in [6.07, 6.45) is 3.34. The summed E-state index contributed by atoms with van der Waals surface area (Å²) in [6.45, 7) is 2.14. The SMILES string of the molecule is O=C1CCS(=O)(=O)N1c1ccc(S(=O)(=O)NCC(c2cccs2)N2CCCCC2)cc1. The highest BCUT2D eigenvalue weighted by Gasteiger charge is 2.36. The van der Waals surface area contributed by atoms with Crippen molar-refractivity contribution in [3.05, 3.63) is 46.7 Å². The van der Waals surface area contributed by atoms with Crippen molar-refractivity contribution >= 4 is 43.0 Å². The molecule has 1 aromatic heterocycles. The number of nitrogens with zero attached hydrogens (tertiary/aromatic N) is 2. The van der Waals surface area contributed by atoms with Gasteiger partial charge in [-0.25, -0.2) is 25.9 Å². The summed E-state index contributed by atoms with van der Waals surface area (Å²) in [6, 6.07) is 9.35. The number of hydrogen-bond acceptors (Lipinski definition) is 7. The third-order valence-corrected chi connectivity index (χ3v) is 9.73. The van der Waals surface area contributed by atoms with Crippen molar-refractivity contribution in [2.75, 3.05) is 29.7 Å². The third-order valence-electron chi connectivity index (χ3n) is 5.63. The topological polar surface area (TPSA) is 104 Å². The van der Waals surface area contributed by atoms with Crippen LogP contribution >= 0.6 is 11.3 Å². The monoisotopic (exact) mass is 483 g/mol. The normalized spacial score (nSPS) is 20.8. The number of hydrogen-bond donors (Lipinski definition) is 1. The van der Waals surface area contributed by atoms with Gasteiger partial charge in [0.15, 0.2) is 0 Å². The summed E-state index contributed by atoms with van der Waals surface area (Å²) in [4.78, 5) is 15.4. The first-order valence-electron chi connectivity index (χ1n) is 10.2. The van der Waals surface area contributed by atoms with E-state index in [2.05, 4.69) is 9.62 Å². The molecule has 3 heterocycles. The van der Waals surface area contributed by atoms with Crippen molar-refractivity contribution in [2.45, 2.75) is 36.6 Å². The Kier molecular flexibility index (Phi) is 6.50. The number of nitrogens with one attached hydrogen (secondary N) is 1. The summed E-state index contributed by atoms with van der Waals surface area (Å²) in [7, 11) is -7.47. The molecule has 2 fully saturated rings. The summed E-state index contributed by atoms with van der Waals surface area (Å²) in [5, 5.41) is 1.99. The molecule has 0 saturated carbocycles. The molecule has 2 aromatic rings. The van der Waals surface area contributed by atoms with Crippen molar-refractivity contribution in [1.29, 1.82) is 0 Å². The Labute approximate surface area is 187 Å². The van der Waals surface area contributed by atoms with Gasteiger partial charge in [0.05, 0.1) is 22.4 Å². The maximum Gasteiger partial charge on any atom is 0.242 e. The molecular weight excluding hydrogens is 458 g/mol. The largest absolute Gasteiger partial charge is 0.294 e. The van der Waals surface area contributed by atoms with Gasteiger partial charge in [-0.3, -0.25) is 9.69 Å². The Morgan fingerprint density at radius 1 is 1.06 bits per heavy atom. The number of likely N-dealkylation sites (tertiary alicyclic amines) is 1. The van der Waals surface area contributed by atoms with Crippen LogP contribution in [0.1, 0.15) is 36.6 Å². The van der Waals surface area contributed by atoms with Crippen LogP contribution in [0.5, 0.6) is 0 Å². The predicted octanol–water partition coefficient (Wildman–Crippen LogP) is 2.32. The standard InChI is InChI=1S/C20H25N3O5S3/c24-20-10-14-30(25,26)23(20)16-6-8-17(9-7-16)31(27,28)21-15-18(19-5-4-13-29-19)22-11-2-1-3-12-22/h4-9,13,18,21H,1-3,10-12,14-15H2.